The van der Waals surface area contributed by atoms with Crippen LogP contribution in [0.4, 0.5) is 0 Å². The van der Waals surface area contributed by atoms with Crippen molar-refractivity contribution in [1.82, 2.24) is 4.90 Å². The van der Waals surface area contributed by atoms with Crippen molar-refractivity contribution in [3.05, 3.63) is 22.2 Å². The molecule has 1 saturated heterocycles. The first-order valence-corrected chi connectivity index (χ1v) is 9.73. The van der Waals surface area contributed by atoms with Crippen LogP contribution in [0.5, 0.6) is 5.75 Å². The zero-order chi connectivity index (χ0) is 15.5. The van der Waals surface area contributed by atoms with Gasteiger partial charge < -0.3 is 4.74 Å². The van der Waals surface area contributed by atoms with Gasteiger partial charge in [-0.25, -0.2) is 8.42 Å². The van der Waals surface area contributed by atoms with Gasteiger partial charge in [-0.15, -0.1) is 0 Å². The van der Waals surface area contributed by atoms with E-state index >= 15 is 0 Å². The van der Waals surface area contributed by atoms with Crippen LogP contribution in [-0.4, -0.2) is 39.6 Å². The Kier molecular flexibility index (Phi) is 6.03. The predicted molar refractivity (Wildman–Crippen MR) is 85.3 cm³/mol. The number of halogens is 3. The van der Waals surface area contributed by atoms with Gasteiger partial charge in [-0.2, -0.15) is 0 Å². The minimum absolute atomic E-state index is 0.00220. The Balaban J connectivity index is 1.99. The lowest BCUT2D eigenvalue weighted by Crippen LogP contribution is -2.33. The normalized spacial score (nSPS) is 16.9. The molecule has 0 radical (unpaired) electrons. The van der Waals surface area contributed by atoms with Crippen molar-refractivity contribution >= 4 is 42.9 Å². The molecule has 1 aromatic rings. The highest BCUT2D eigenvalue weighted by atomic mass is 35.7. The third-order valence-electron chi connectivity index (χ3n) is 3.36. The van der Waals surface area contributed by atoms with E-state index in [1.54, 1.807) is 0 Å². The molecule has 0 saturated carbocycles. The molecule has 1 aliphatic rings. The van der Waals surface area contributed by atoms with Gasteiger partial charge in [0.25, 0.3) is 9.05 Å². The molecule has 1 aliphatic heterocycles. The summed E-state index contributed by atoms with van der Waals surface area (Å²) < 4.78 is 28.2. The molecule has 2 rings (SSSR count). The number of likely N-dealkylation sites (tertiary alicyclic amines) is 1. The molecule has 1 fully saturated rings. The highest BCUT2D eigenvalue weighted by Gasteiger charge is 2.18. The largest absolute Gasteiger partial charge is 0.491 e. The molecule has 1 aromatic carbocycles. The SMILES string of the molecule is O=S(=O)(Cl)c1cc(Cl)c(OCCN2CCCCC2)cc1Cl. The molecule has 118 valence electrons. The summed E-state index contributed by atoms with van der Waals surface area (Å²) >= 11 is 11.9. The second-order valence-electron chi connectivity index (χ2n) is 4.90. The molecule has 21 heavy (non-hydrogen) atoms. The van der Waals surface area contributed by atoms with Crippen LogP contribution in [0, 0.1) is 0 Å². The Hall–Kier alpha value is -0.200. The lowest BCUT2D eigenvalue weighted by Gasteiger charge is -2.26. The monoisotopic (exact) mass is 371 g/mol. The molecule has 1 heterocycles. The first-order valence-electron chi connectivity index (χ1n) is 6.67. The molecule has 4 nitrogen and oxygen atoms in total. The van der Waals surface area contributed by atoms with Crippen LogP contribution < -0.4 is 4.74 Å². The van der Waals surface area contributed by atoms with E-state index in [9.17, 15) is 8.42 Å². The molecule has 0 aromatic heterocycles. The van der Waals surface area contributed by atoms with Crippen LogP contribution in [-0.2, 0) is 9.05 Å². The quantitative estimate of drug-likeness (QED) is 0.738. The van der Waals surface area contributed by atoms with Crippen molar-refractivity contribution in [3.63, 3.8) is 0 Å². The van der Waals surface area contributed by atoms with Crippen LogP contribution in [0.25, 0.3) is 0 Å². The third kappa shape index (κ3) is 4.89. The zero-order valence-electron chi connectivity index (χ0n) is 11.3. The fraction of sp³-hybridized carbons (Fsp3) is 0.538. The second-order valence-corrected chi connectivity index (χ2v) is 8.25. The van der Waals surface area contributed by atoms with Gasteiger partial charge in [0, 0.05) is 23.3 Å². The maximum Gasteiger partial charge on any atom is 0.262 e. The number of piperidine rings is 1. The summed E-state index contributed by atoms with van der Waals surface area (Å²) in [6, 6.07) is 2.60. The molecular weight excluding hydrogens is 357 g/mol. The van der Waals surface area contributed by atoms with Crippen LogP contribution in [0.1, 0.15) is 19.3 Å². The number of ether oxygens (including phenoxy) is 1. The van der Waals surface area contributed by atoms with Gasteiger partial charge in [0.05, 0.1) is 10.0 Å². The Morgan fingerprint density at radius 3 is 2.38 bits per heavy atom. The van der Waals surface area contributed by atoms with Gasteiger partial charge in [-0.3, -0.25) is 4.90 Å². The maximum atomic E-state index is 11.3. The van der Waals surface area contributed by atoms with Crippen molar-refractivity contribution in [2.24, 2.45) is 0 Å². The molecule has 8 heteroatoms. The summed E-state index contributed by atoms with van der Waals surface area (Å²) in [5, 5.41) is 0.180. The number of rotatable bonds is 5. The van der Waals surface area contributed by atoms with Gasteiger partial charge in [-0.05, 0) is 32.0 Å². The van der Waals surface area contributed by atoms with E-state index < -0.39 is 9.05 Å². The third-order valence-corrected chi connectivity index (χ3v) is 5.44. The summed E-state index contributed by atoms with van der Waals surface area (Å²) in [5.74, 6) is 0.364. The number of hydrogen-bond donors (Lipinski definition) is 0. The van der Waals surface area contributed by atoms with E-state index in [-0.39, 0.29) is 14.9 Å². The Morgan fingerprint density at radius 2 is 1.76 bits per heavy atom. The van der Waals surface area contributed by atoms with Crippen molar-refractivity contribution in [2.45, 2.75) is 24.2 Å². The van der Waals surface area contributed by atoms with E-state index in [0.717, 1.165) is 19.6 Å². The van der Waals surface area contributed by atoms with Crippen molar-refractivity contribution in [3.8, 4) is 5.75 Å². The number of nitrogens with zero attached hydrogens (tertiary/aromatic N) is 1. The molecule has 0 bridgehead atoms. The molecular formula is C13H16Cl3NO3S. The summed E-state index contributed by atoms with van der Waals surface area (Å²) in [6.45, 7) is 3.45. The first-order chi connectivity index (χ1) is 9.88. The molecule has 0 N–H and O–H groups in total. The standard InChI is InChI=1S/C13H16Cl3NO3S/c14-10-9-13(21(16,18)19)11(15)8-12(10)20-7-6-17-4-2-1-3-5-17/h8-9H,1-7H2. The summed E-state index contributed by atoms with van der Waals surface area (Å²) in [5.41, 5.74) is 0. The lowest BCUT2D eigenvalue weighted by atomic mass is 10.1. The van der Waals surface area contributed by atoms with Crippen LogP contribution >= 0.6 is 33.9 Å². The number of hydrogen-bond acceptors (Lipinski definition) is 4. The van der Waals surface area contributed by atoms with Gasteiger partial charge in [-0.1, -0.05) is 29.6 Å². The van der Waals surface area contributed by atoms with Gasteiger partial charge in [0.15, 0.2) is 0 Å². The molecule has 0 aliphatic carbocycles. The van der Waals surface area contributed by atoms with Gasteiger partial charge >= 0.3 is 0 Å². The predicted octanol–water partition coefficient (Wildman–Crippen LogP) is 3.79. The van der Waals surface area contributed by atoms with Crippen molar-refractivity contribution in [2.75, 3.05) is 26.2 Å². The average molecular weight is 373 g/mol. The minimum atomic E-state index is -3.92. The smallest absolute Gasteiger partial charge is 0.262 e. The molecule has 0 unspecified atom stereocenters. The first kappa shape index (κ1) is 17.2. The zero-order valence-corrected chi connectivity index (χ0v) is 14.4. The van der Waals surface area contributed by atoms with Crippen molar-refractivity contribution in [1.29, 1.82) is 0 Å². The fourth-order valence-corrected chi connectivity index (χ4v) is 4.07. The summed E-state index contributed by atoms with van der Waals surface area (Å²) in [7, 11) is 1.36. The van der Waals surface area contributed by atoms with Gasteiger partial charge in [0.2, 0.25) is 0 Å². The fourth-order valence-electron chi connectivity index (χ4n) is 2.28. The van der Waals surface area contributed by atoms with E-state index in [2.05, 4.69) is 4.90 Å². The minimum Gasteiger partial charge on any atom is -0.491 e. The van der Waals surface area contributed by atoms with Crippen LogP contribution in [0.2, 0.25) is 10.0 Å². The Labute approximate surface area is 139 Å². The molecule has 0 amide bonds. The Bertz CT molecular complexity index is 601. The summed E-state index contributed by atoms with van der Waals surface area (Å²) in [4.78, 5) is 2.12. The maximum absolute atomic E-state index is 11.3. The second kappa shape index (κ2) is 7.38. The van der Waals surface area contributed by atoms with Crippen LogP contribution in [0.15, 0.2) is 17.0 Å². The van der Waals surface area contributed by atoms with E-state index in [1.165, 1.54) is 31.4 Å². The van der Waals surface area contributed by atoms with E-state index in [4.69, 9.17) is 38.6 Å². The molecule has 0 spiro atoms. The average Bonchev–Trinajstić information content (AvgIpc) is 2.42. The van der Waals surface area contributed by atoms with Gasteiger partial charge in [0.1, 0.15) is 17.3 Å². The topological polar surface area (TPSA) is 46.6 Å². The number of benzene rings is 1. The highest BCUT2D eigenvalue weighted by Crippen LogP contribution is 2.34. The lowest BCUT2D eigenvalue weighted by molar-refractivity contribution is 0.183. The van der Waals surface area contributed by atoms with Crippen molar-refractivity contribution < 1.29 is 13.2 Å². The highest BCUT2D eigenvalue weighted by molar-refractivity contribution is 8.13. The van der Waals surface area contributed by atoms with E-state index in [1.807, 2.05) is 0 Å². The van der Waals surface area contributed by atoms with E-state index in [0.29, 0.717) is 12.4 Å². The van der Waals surface area contributed by atoms with Crippen LogP contribution in [0.3, 0.4) is 0 Å². The Morgan fingerprint density at radius 1 is 1.10 bits per heavy atom. The molecule has 0 atom stereocenters. The summed E-state index contributed by atoms with van der Waals surface area (Å²) in [6.07, 6.45) is 3.72.